The molecule has 2 heterocycles. The van der Waals surface area contributed by atoms with Crippen LogP contribution in [0.4, 0.5) is 4.79 Å². The van der Waals surface area contributed by atoms with Crippen molar-refractivity contribution < 1.29 is 14.3 Å². The van der Waals surface area contributed by atoms with E-state index in [0.29, 0.717) is 22.8 Å². The summed E-state index contributed by atoms with van der Waals surface area (Å²) in [6, 6.07) is 9.37. The average molecular weight is 327 g/mol. The van der Waals surface area contributed by atoms with E-state index in [4.69, 9.17) is 4.74 Å². The van der Waals surface area contributed by atoms with E-state index in [1.165, 1.54) is 0 Å². The first-order valence-corrected chi connectivity index (χ1v) is 7.65. The number of hydrogen-bond acceptors (Lipinski definition) is 6. The number of methoxy groups -OCH3 is 1. The first-order chi connectivity index (χ1) is 11.1. The average Bonchev–Trinajstić information content (AvgIpc) is 2.85. The minimum atomic E-state index is -0.395. The molecule has 23 heavy (non-hydrogen) atoms. The summed E-state index contributed by atoms with van der Waals surface area (Å²) < 4.78 is 5.20. The Labute approximate surface area is 137 Å². The molecule has 0 aliphatic carbocycles. The zero-order chi connectivity index (χ0) is 16.2. The number of carbonyl (C=O) groups is 2. The molecule has 1 aromatic heterocycles. The SMILES string of the molecule is COc1cccc(Cc2nccc(/C=C3\SC(=O)NC3=O)n2)c1. The van der Waals surface area contributed by atoms with Crippen molar-refractivity contribution in [3.63, 3.8) is 0 Å². The number of amides is 2. The fourth-order valence-electron chi connectivity index (χ4n) is 2.10. The molecule has 0 radical (unpaired) electrons. The van der Waals surface area contributed by atoms with Crippen LogP contribution in [-0.4, -0.2) is 28.2 Å². The third kappa shape index (κ3) is 3.75. The number of benzene rings is 1. The van der Waals surface area contributed by atoms with Gasteiger partial charge in [-0.25, -0.2) is 9.97 Å². The summed E-state index contributed by atoms with van der Waals surface area (Å²) in [5, 5.41) is 1.85. The highest BCUT2D eigenvalue weighted by Gasteiger charge is 2.25. The molecule has 1 saturated heterocycles. The standard InChI is InChI=1S/C16H13N3O3S/c1-22-12-4-2-3-10(7-12)8-14-17-6-5-11(18-14)9-13-15(20)19-16(21)23-13/h2-7,9H,8H2,1H3,(H,19,20,21)/b13-9-. The van der Waals surface area contributed by atoms with Crippen LogP contribution in [0.25, 0.3) is 6.08 Å². The van der Waals surface area contributed by atoms with Crippen molar-refractivity contribution >= 4 is 29.0 Å². The van der Waals surface area contributed by atoms with Crippen LogP contribution in [0.5, 0.6) is 5.75 Å². The third-order valence-corrected chi connectivity index (χ3v) is 3.96. The molecule has 3 rings (SSSR count). The number of hydrogen-bond donors (Lipinski definition) is 1. The molecule has 6 nitrogen and oxygen atoms in total. The predicted octanol–water partition coefficient (Wildman–Crippen LogP) is 2.40. The van der Waals surface area contributed by atoms with Crippen LogP contribution in [0, 0.1) is 0 Å². The second-order valence-electron chi connectivity index (χ2n) is 4.78. The zero-order valence-electron chi connectivity index (χ0n) is 12.3. The second-order valence-corrected chi connectivity index (χ2v) is 5.79. The third-order valence-electron chi connectivity index (χ3n) is 3.14. The van der Waals surface area contributed by atoms with E-state index in [-0.39, 0.29) is 5.24 Å². The number of thioether (sulfide) groups is 1. The van der Waals surface area contributed by atoms with Gasteiger partial charge in [-0.05, 0) is 41.6 Å². The quantitative estimate of drug-likeness (QED) is 0.869. The summed E-state index contributed by atoms with van der Waals surface area (Å²) in [4.78, 5) is 31.7. The smallest absolute Gasteiger partial charge is 0.290 e. The van der Waals surface area contributed by atoms with Gasteiger partial charge in [0, 0.05) is 12.6 Å². The topological polar surface area (TPSA) is 81.2 Å². The summed E-state index contributed by atoms with van der Waals surface area (Å²) in [5.74, 6) is 1.01. The van der Waals surface area contributed by atoms with Crippen molar-refractivity contribution in [1.29, 1.82) is 0 Å². The molecule has 2 amide bonds. The Balaban J connectivity index is 1.81. The summed E-state index contributed by atoms with van der Waals surface area (Å²) in [7, 11) is 1.62. The highest BCUT2D eigenvalue weighted by molar-refractivity contribution is 8.18. The number of rotatable bonds is 4. The first kappa shape index (κ1) is 15.2. The number of nitrogens with one attached hydrogen (secondary N) is 1. The van der Waals surface area contributed by atoms with E-state index in [2.05, 4.69) is 15.3 Å². The predicted molar refractivity (Wildman–Crippen MR) is 86.9 cm³/mol. The van der Waals surface area contributed by atoms with Crippen molar-refractivity contribution in [3.8, 4) is 5.75 Å². The molecular weight excluding hydrogens is 314 g/mol. The van der Waals surface area contributed by atoms with Gasteiger partial charge in [0.2, 0.25) is 0 Å². The van der Waals surface area contributed by atoms with E-state index >= 15 is 0 Å². The maximum atomic E-state index is 11.6. The Hall–Kier alpha value is -2.67. The van der Waals surface area contributed by atoms with E-state index in [1.807, 2.05) is 24.3 Å². The molecule has 116 valence electrons. The van der Waals surface area contributed by atoms with Gasteiger partial charge in [0.1, 0.15) is 11.6 Å². The van der Waals surface area contributed by atoms with Gasteiger partial charge in [-0.15, -0.1) is 0 Å². The van der Waals surface area contributed by atoms with Crippen molar-refractivity contribution in [2.75, 3.05) is 7.11 Å². The van der Waals surface area contributed by atoms with Gasteiger partial charge < -0.3 is 4.74 Å². The molecule has 0 unspecified atom stereocenters. The number of carbonyl (C=O) groups excluding carboxylic acids is 2. The second kappa shape index (κ2) is 6.62. The van der Waals surface area contributed by atoms with Crippen molar-refractivity contribution in [2.45, 2.75) is 6.42 Å². The molecule has 1 N–H and O–H groups in total. The van der Waals surface area contributed by atoms with Crippen molar-refractivity contribution in [1.82, 2.24) is 15.3 Å². The van der Waals surface area contributed by atoms with Gasteiger partial charge in [0.15, 0.2) is 0 Å². The molecule has 0 saturated carbocycles. The number of nitrogens with zero attached hydrogens (tertiary/aromatic N) is 2. The molecule has 1 aliphatic rings. The molecule has 0 spiro atoms. The Morgan fingerprint density at radius 3 is 2.91 bits per heavy atom. The van der Waals surface area contributed by atoms with Crippen molar-refractivity contribution in [3.05, 3.63) is 58.5 Å². The van der Waals surface area contributed by atoms with E-state index in [1.54, 1.807) is 25.4 Å². The summed E-state index contributed by atoms with van der Waals surface area (Å²) in [5.41, 5.74) is 1.61. The Bertz CT molecular complexity index is 805. The molecule has 0 atom stereocenters. The van der Waals surface area contributed by atoms with Crippen LogP contribution in [0.15, 0.2) is 41.4 Å². The summed E-state index contributed by atoms with van der Waals surface area (Å²) in [6.45, 7) is 0. The largest absolute Gasteiger partial charge is 0.497 e. The zero-order valence-corrected chi connectivity index (χ0v) is 13.1. The first-order valence-electron chi connectivity index (χ1n) is 6.84. The van der Waals surface area contributed by atoms with Crippen LogP contribution in [0.1, 0.15) is 17.1 Å². The summed E-state index contributed by atoms with van der Waals surface area (Å²) in [6.07, 6.45) is 3.77. The molecule has 0 bridgehead atoms. The van der Waals surface area contributed by atoms with Crippen LogP contribution >= 0.6 is 11.8 Å². The Morgan fingerprint density at radius 1 is 1.30 bits per heavy atom. The minimum absolute atomic E-state index is 0.334. The van der Waals surface area contributed by atoms with Crippen LogP contribution in [0.2, 0.25) is 0 Å². The molecule has 1 aliphatic heterocycles. The monoisotopic (exact) mass is 327 g/mol. The van der Waals surface area contributed by atoms with Crippen LogP contribution in [0.3, 0.4) is 0 Å². The highest BCUT2D eigenvalue weighted by atomic mass is 32.2. The summed E-state index contributed by atoms with van der Waals surface area (Å²) >= 11 is 0.868. The maximum absolute atomic E-state index is 11.6. The van der Waals surface area contributed by atoms with E-state index in [9.17, 15) is 9.59 Å². The molecule has 1 fully saturated rings. The van der Waals surface area contributed by atoms with E-state index in [0.717, 1.165) is 23.1 Å². The van der Waals surface area contributed by atoms with Gasteiger partial charge in [-0.1, -0.05) is 12.1 Å². The fraction of sp³-hybridized carbons (Fsp3) is 0.125. The Kier molecular flexibility index (Phi) is 4.38. The van der Waals surface area contributed by atoms with Gasteiger partial charge in [-0.3, -0.25) is 14.9 Å². The molecular formula is C16H13N3O3S. The highest BCUT2D eigenvalue weighted by Crippen LogP contribution is 2.25. The lowest BCUT2D eigenvalue weighted by molar-refractivity contribution is -0.115. The van der Waals surface area contributed by atoms with Crippen LogP contribution < -0.4 is 10.1 Å². The van der Waals surface area contributed by atoms with Gasteiger partial charge in [-0.2, -0.15) is 0 Å². The molecule has 1 aromatic carbocycles. The lowest BCUT2D eigenvalue weighted by atomic mass is 10.1. The van der Waals surface area contributed by atoms with Gasteiger partial charge >= 0.3 is 0 Å². The van der Waals surface area contributed by atoms with Gasteiger partial charge in [0.05, 0.1) is 17.7 Å². The number of ether oxygens (including phenoxy) is 1. The molecule has 2 aromatic rings. The lowest BCUT2D eigenvalue weighted by Crippen LogP contribution is -2.17. The number of aromatic nitrogens is 2. The number of imide groups is 1. The van der Waals surface area contributed by atoms with E-state index < -0.39 is 5.91 Å². The van der Waals surface area contributed by atoms with Crippen LogP contribution in [-0.2, 0) is 11.2 Å². The normalized spacial score (nSPS) is 15.8. The minimum Gasteiger partial charge on any atom is -0.497 e. The lowest BCUT2D eigenvalue weighted by Gasteiger charge is -2.04. The van der Waals surface area contributed by atoms with Crippen molar-refractivity contribution in [2.24, 2.45) is 0 Å². The van der Waals surface area contributed by atoms with Gasteiger partial charge in [0.25, 0.3) is 11.1 Å². The Morgan fingerprint density at radius 2 is 2.17 bits per heavy atom. The fourth-order valence-corrected chi connectivity index (χ4v) is 2.77. The maximum Gasteiger partial charge on any atom is 0.290 e. The molecule has 7 heteroatoms.